The Hall–Kier alpha value is -3.43. The van der Waals surface area contributed by atoms with Crippen LogP contribution in [0.4, 0.5) is 11.4 Å². The van der Waals surface area contributed by atoms with Crippen LogP contribution in [0.2, 0.25) is 0 Å². The van der Waals surface area contributed by atoms with E-state index in [0.717, 1.165) is 0 Å². The number of anilines is 2. The molecule has 3 N–H and O–H groups in total. The van der Waals surface area contributed by atoms with Gasteiger partial charge in [0.05, 0.1) is 17.7 Å². The van der Waals surface area contributed by atoms with Crippen molar-refractivity contribution in [3.8, 4) is 0 Å². The van der Waals surface area contributed by atoms with Gasteiger partial charge in [0.1, 0.15) is 5.76 Å². The average Bonchev–Trinajstić information content (AvgIpc) is 3.27. The van der Waals surface area contributed by atoms with Crippen molar-refractivity contribution < 1.29 is 22.4 Å². The molecule has 9 heteroatoms. The fourth-order valence-corrected chi connectivity index (χ4v) is 3.78. The average molecular weight is 442 g/mol. The second kappa shape index (κ2) is 9.59. The number of furan rings is 1. The van der Waals surface area contributed by atoms with Crippen LogP contribution in [0, 0.1) is 6.92 Å². The standard InChI is InChI=1S/C22H23N3O5S/c1-3-21(26)24-16-7-9-17(10-8-16)25-22(27)20-13-19(11-6-15(20)2)31(28,29)23-14-18-5-4-12-30-18/h4-13,23H,3,14H2,1-2H3,(H,24,26)(H,25,27). The summed E-state index contributed by atoms with van der Waals surface area (Å²) in [5.74, 6) is -0.0655. The number of rotatable bonds is 8. The zero-order chi connectivity index (χ0) is 22.4. The Kier molecular flexibility index (Phi) is 6.88. The van der Waals surface area contributed by atoms with Crippen LogP contribution in [0.25, 0.3) is 0 Å². The largest absolute Gasteiger partial charge is 0.468 e. The fraction of sp³-hybridized carbons (Fsp3) is 0.182. The molecule has 0 aliphatic heterocycles. The van der Waals surface area contributed by atoms with Crippen LogP contribution in [0.3, 0.4) is 0 Å². The Morgan fingerprint density at radius 2 is 1.65 bits per heavy atom. The summed E-state index contributed by atoms with van der Waals surface area (Å²) >= 11 is 0. The lowest BCUT2D eigenvalue weighted by atomic mass is 10.1. The molecule has 0 spiro atoms. The molecule has 0 fully saturated rings. The number of amides is 2. The zero-order valence-electron chi connectivity index (χ0n) is 17.1. The van der Waals surface area contributed by atoms with Crippen LogP contribution in [0.1, 0.15) is 35.0 Å². The third-order valence-corrected chi connectivity index (χ3v) is 5.93. The maximum atomic E-state index is 12.8. The van der Waals surface area contributed by atoms with E-state index in [1.54, 1.807) is 56.3 Å². The highest BCUT2D eigenvalue weighted by Gasteiger charge is 2.18. The Morgan fingerprint density at radius 3 is 2.26 bits per heavy atom. The molecule has 0 bridgehead atoms. The second-order valence-corrected chi connectivity index (χ2v) is 8.58. The lowest BCUT2D eigenvalue weighted by Crippen LogP contribution is -2.24. The molecule has 162 valence electrons. The van der Waals surface area contributed by atoms with Crippen molar-refractivity contribution in [2.45, 2.75) is 31.7 Å². The molecule has 8 nitrogen and oxygen atoms in total. The summed E-state index contributed by atoms with van der Waals surface area (Å²) in [6.45, 7) is 3.49. The molecule has 3 rings (SSSR count). The fourth-order valence-electron chi connectivity index (χ4n) is 2.76. The molecule has 0 radical (unpaired) electrons. The first kappa shape index (κ1) is 22.3. The number of benzene rings is 2. The number of hydrogen-bond acceptors (Lipinski definition) is 5. The van der Waals surface area contributed by atoms with Crippen LogP contribution in [-0.2, 0) is 21.4 Å². The van der Waals surface area contributed by atoms with Gasteiger partial charge in [0.2, 0.25) is 15.9 Å². The number of sulfonamides is 1. The lowest BCUT2D eigenvalue weighted by molar-refractivity contribution is -0.115. The van der Waals surface area contributed by atoms with Gasteiger partial charge in [0.15, 0.2) is 0 Å². The Morgan fingerprint density at radius 1 is 0.968 bits per heavy atom. The van der Waals surface area contributed by atoms with Gasteiger partial charge in [0.25, 0.3) is 5.91 Å². The maximum Gasteiger partial charge on any atom is 0.255 e. The molecular weight excluding hydrogens is 418 g/mol. The normalized spacial score (nSPS) is 11.2. The minimum absolute atomic E-state index is 0.00561. The van der Waals surface area contributed by atoms with Gasteiger partial charge in [-0.05, 0) is 61.0 Å². The summed E-state index contributed by atoms with van der Waals surface area (Å²) in [6, 6.07) is 14.4. The van der Waals surface area contributed by atoms with E-state index >= 15 is 0 Å². The Labute approximate surface area is 180 Å². The van der Waals surface area contributed by atoms with E-state index in [-0.39, 0.29) is 22.9 Å². The quantitative estimate of drug-likeness (QED) is 0.493. The van der Waals surface area contributed by atoms with Gasteiger partial charge in [-0.2, -0.15) is 0 Å². The van der Waals surface area contributed by atoms with Gasteiger partial charge in [-0.15, -0.1) is 0 Å². The summed E-state index contributed by atoms with van der Waals surface area (Å²) in [5, 5.41) is 5.47. The van der Waals surface area contributed by atoms with E-state index in [2.05, 4.69) is 15.4 Å². The molecule has 0 aliphatic rings. The third-order valence-electron chi connectivity index (χ3n) is 4.53. The first-order valence-corrected chi connectivity index (χ1v) is 11.1. The molecule has 0 saturated heterocycles. The molecule has 0 unspecified atom stereocenters. The highest BCUT2D eigenvalue weighted by Crippen LogP contribution is 2.19. The molecule has 31 heavy (non-hydrogen) atoms. The molecule has 1 heterocycles. The summed E-state index contributed by atoms with van der Waals surface area (Å²) in [7, 11) is -3.83. The van der Waals surface area contributed by atoms with E-state index in [1.165, 1.54) is 18.4 Å². The number of aryl methyl sites for hydroxylation is 1. The van der Waals surface area contributed by atoms with Crippen molar-refractivity contribution in [1.29, 1.82) is 0 Å². The summed E-state index contributed by atoms with van der Waals surface area (Å²) < 4.78 is 32.8. The van der Waals surface area contributed by atoms with Gasteiger partial charge in [0, 0.05) is 23.4 Å². The molecule has 0 saturated carbocycles. The minimum Gasteiger partial charge on any atom is -0.468 e. The maximum absolute atomic E-state index is 12.8. The van der Waals surface area contributed by atoms with Crippen molar-refractivity contribution in [1.82, 2.24) is 4.72 Å². The number of nitrogens with one attached hydrogen (secondary N) is 3. The smallest absolute Gasteiger partial charge is 0.255 e. The van der Waals surface area contributed by atoms with Crippen molar-refractivity contribution in [3.63, 3.8) is 0 Å². The van der Waals surface area contributed by atoms with Crippen LogP contribution in [-0.4, -0.2) is 20.2 Å². The van der Waals surface area contributed by atoms with E-state index in [4.69, 9.17) is 4.42 Å². The van der Waals surface area contributed by atoms with Crippen molar-refractivity contribution >= 4 is 33.2 Å². The lowest BCUT2D eigenvalue weighted by Gasteiger charge is -2.11. The van der Waals surface area contributed by atoms with Gasteiger partial charge in [-0.1, -0.05) is 13.0 Å². The molecular formula is C22H23N3O5S. The van der Waals surface area contributed by atoms with Crippen molar-refractivity contribution in [3.05, 3.63) is 77.7 Å². The predicted molar refractivity (Wildman–Crippen MR) is 117 cm³/mol. The molecule has 0 atom stereocenters. The van der Waals surface area contributed by atoms with Crippen LogP contribution >= 0.6 is 0 Å². The van der Waals surface area contributed by atoms with Gasteiger partial charge in [-0.3, -0.25) is 9.59 Å². The van der Waals surface area contributed by atoms with Crippen LogP contribution in [0.15, 0.2) is 70.2 Å². The number of hydrogen-bond donors (Lipinski definition) is 3. The third kappa shape index (κ3) is 5.80. The Balaban J connectivity index is 1.73. The molecule has 1 aromatic heterocycles. The molecule has 2 aromatic carbocycles. The second-order valence-electron chi connectivity index (χ2n) is 6.81. The topological polar surface area (TPSA) is 118 Å². The minimum atomic E-state index is -3.83. The van der Waals surface area contributed by atoms with Gasteiger partial charge in [-0.25, -0.2) is 13.1 Å². The van der Waals surface area contributed by atoms with Crippen LogP contribution in [0.5, 0.6) is 0 Å². The first-order valence-electron chi connectivity index (χ1n) is 9.62. The summed E-state index contributed by atoms with van der Waals surface area (Å²) in [5.41, 5.74) is 2.01. The van der Waals surface area contributed by atoms with Gasteiger partial charge >= 0.3 is 0 Å². The van der Waals surface area contributed by atoms with Gasteiger partial charge < -0.3 is 15.1 Å². The molecule has 0 aliphatic carbocycles. The van der Waals surface area contributed by atoms with E-state index in [1.807, 2.05) is 0 Å². The number of carbonyl (C=O) groups is 2. The monoisotopic (exact) mass is 441 g/mol. The van der Waals surface area contributed by atoms with Crippen molar-refractivity contribution in [2.24, 2.45) is 0 Å². The van der Waals surface area contributed by atoms with E-state index in [0.29, 0.717) is 29.1 Å². The highest BCUT2D eigenvalue weighted by molar-refractivity contribution is 7.89. The zero-order valence-corrected chi connectivity index (χ0v) is 18.0. The Bertz CT molecular complexity index is 1170. The van der Waals surface area contributed by atoms with Crippen molar-refractivity contribution in [2.75, 3.05) is 10.6 Å². The van der Waals surface area contributed by atoms with E-state index in [9.17, 15) is 18.0 Å². The SMILES string of the molecule is CCC(=O)Nc1ccc(NC(=O)c2cc(S(=O)(=O)NCc3ccco3)ccc2C)cc1. The van der Waals surface area contributed by atoms with E-state index < -0.39 is 15.9 Å². The first-order chi connectivity index (χ1) is 14.8. The number of carbonyl (C=O) groups excluding carboxylic acids is 2. The molecule has 2 amide bonds. The predicted octanol–water partition coefficient (Wildman–Crippen LogP) is 3.67. The van der Waals surface area contributed by atoms with Crippen LogP contribution < -0.4 is 15.4 Å². The molecule has 3 aromatic rings. The highest BCUT2D eigenvalue weighted by atomic mass is 32.2. The summed E-state index contributed by atoms with van der Waals surface area (Å²) in [4.78, 5) is 24.2. The summed E-state index contributed by atoms with van der Waals surface area (Å²) in [6.07, 6.45) is 1.83.